The van der Waals surface area contributed by atoms with Crippen molar-refractivity contribution in [2.75, 3.05) is 6.61 Å². The number of ether oxygens (including phenoxy) is 1. The van der Waals surface area contributed by atoms with Gasteiger partial charge in [-0.05, 0) is 36.4 Å². The molecule has 0 saturated heterocycles. The Balaban J connectivity index is 2.15. The van der Waals surface area contributed by atoms with Crippen LogP contribution in [-0.2, 0) is 9.53 Å². The minimum atomic E-state index is -0.353. The van der Waals surface area contributed by atoms with Crippen molar-refractivity contribution in [3.63, 3.8) is 0 Å². The van der Waals surface area contributed by atoms with E-state index in [0.29, 0.717) is 11.8 Å². The van der Waals surface area contributed by atoms with Crippen LogP contribution in [0.3, 0.4) is 0 Å². The third kappa shape index (κ3) is 3.31. The Labute approximate surface area is 115 Å². The summed E-state index contributed by atoms with van der Waals surface area (Å²) in [5.74, 6) is -0.268. The predicted octanol–water partition coefficient (Wildman–Crippen LogP) is 1.71. The Kier molecular flexibility index (Phi) is 4.51. The Morgan fingerprint density at radius 2 is 2.16 bits per heavy atom. The average molecular weight is 278 g/mol. The number of rotatable bonds is 5. The van der Waals surface area contributed by atoms with Gasteiger partial charge in [-0.3, -0.25) is 4.79 Å². The van der Waals surface area contributed by atoms with Gasteiger partial charge in [-0.1, -0.05) is 30.0 Å². The maximum Gasteiger partial charge on any atom is 0.319 e. The predicted molar refractivity (Wildman–Crippen MR) is 71.1 cm³/mol. The number of carbonyl (C=O) groups is 1. The van der Waals surface area contributed by atoms with Crippen LogP contribution in [0.2, 0.25) is 0 Å². The van der Waals surface area contributed by atoms with Crippen LogP contribution < -0.4 is 0 Å². The highest BCUT2D eigenvalue weighted by atomic mass is 32.2. The molecule has 1 aromatic carbocycles. The zero-order valence-electron chi connectivity index (χ0n) is 10.7. The third-order valence-corrected chi connectivity index (χ3v) is 3.35. The molecule has 0 aliphatic carbocycles. The van der Waals surface area contributed by atoms with E-state index in [-0.39, 0.29) is 11.2 Å². The first-order valence-electron chi connectivity index (χ1n) is 5.89. The van der Waals surface area contributed by atoms with Crippen LogP contribution in [0.5, 0.6) is 0 Å². The van der Waals surface area contributed by atoms with Gasteiger partial charge in [-0.25, -0.2) is 0 Å². The van der Waals surface area contributed by atoms with Crippen LogP contribution in [0.4, 0.5) is 0 Å². The maximum atomic E-state index is 11.6. The molecule has 1 aromatic heterocycles. The van der Waals surface area contributed by atoms with E-state index in [1.54, 1.807) is 18.5 Å². The van der Waals surface area contributed by atoms with Crippen molar-refractivity contribution in [2.24, 2.45) is 0 Å². The number of hydrogen-bond donors (Lipinski definition) is 0. The van der Waals surface area contributed by atoms with Crippen LogP contribution in [-0.4, -0.2) is 38.0 Å². The number of carbonyl (C=O) groups excluding carboxylic acids is 1. The van der Waals surface area contributed by atoms with Crippen LogP contribution in [0, 0.1) is 0 Å². The molecule has 2 rings (SSSR count). The topological polar surface area (TPSA) is 69.9 Å². The standard InChI is InChI=1S/C12H14N4O2S/c1-3-18-11(17)9(2)19-12-13-14-15-16(12)10-7-5-4-6-8-10/h4-9H,3H2,1-2H3/t9-/m1/s1. The van der Waals surface area contributed by atoms with Gasteiger partial charge in [0.25, 0.3) is 0 Å². The molecule has 0 N–H and O–H groups in total. The van der Waals surface area contributed by atoms with Gasteiger partial charge in [0.15, 0.2) is 0 Å². The second kappa shape index (κ2) is 6.33. The molecule has 2 aromatic rings. The van der Waals surface area contributed by atoms with Crippen molar-refractivity contribution in [3.05, 3.63) is 30.3 Å². The van der Waals surface area contributed by atoms with Gasteiger partial charge in [0, 0.05) is 0 Å². The average Bonchev–Trinajstić information content (AvgIpc) is 2.88. The molecule has 0 fully saturated rings. The molecule has 0 saturated carbocycles. The fourth-order valence-electron chi connectivity index (χ4n) is 1.45. The lowest BCUT2D eigenvalue weighted by atomic mass is 10.3. The summed E-state index contributed by atoms with van der Waals surface area (Å²) < 4.78 is 6.56. The van der Waals surface area contributed by atoms with Gasteiger partial charge in [0.1, 0.15) is 5.25 Å². The number of thioether (sulfide) groups is 1. The van der Waals surface area contributed by atoms with E-state index in [4.69, 9.17) is 4.74 Å². The molecule has 7 heteroatoms. The zero-order chi connectivity index (χ0) is 13.7. The first-order valence-corrected chi connectivity index (χ1v) is 6.77. The first kappa shape index (κ1) is 13.5. The summed E-state index contributed by atoms with van der Waals surface area (Å²) in [6, 6.07) is 9.52. The highest BCUT2D eigenvalue weighted by Crippen LogP contribution is 2.23. The summed E-state index contributed by atoms with van der Waals surface area (Å²) in [6.07, 6.45) is 0. The van der Waals surface area contributed by atoms with Crippen molar-refractivity contribution in [3.8, 4) is 5.69 Å². The summed E-state index contributed by atoms with van der Waals surface area (Å²) >= 11 is 1.27. The van der Waals surface area contributed by atoms with Crippen LogP contribution in [0.25, 0.3) is 5.69 Å². The lowest BCUT2D eigenvalue weighted by Crippen LogP contribution is -2.17. The molecular formula is C12H14N4O2S. The quantitative estimate of drug-likeness (QED) is 0.612. The Morgan fingerprint density at radius 3 is 2.84 bits per heavy atom. The summed E-state index contributed by atoms with van der Waals surface area (Å²) in [6.45, 7) is 3.92. The SMILES string of the molecule is CCOC(=O)[C@@H](C)Sc1nnnn1-c1ccccc1. The van der Waals surface area contributed by atoms with Gasteiger partial charge in [-0.2, -0.15) is 4.68 Å². The minimum absolute atomic E-state index is 0.268. The molecule has 1 atom stereocenters. The second-order valence-corrected chi connectivity index (χ2v) is 5.03. The normalized spacial score (nSPS) is 12.1. The van der Waals surface area contributed by atoms with Crippen LogP contribution in [0.1, 0.15) is 13.8 Å². The lowest BCUT2D eigenvalue weighted by molar-refractivity contribution is -0.142. The van der Waals surface area contributed by atoms with Gasteiger partial charge in [-0.15, -0.1) is 5.10 Å². The number of nitrogens with zero attached hydrogens (tertiary/aromatic N) is 4. The first-order chi connectivity index (χ1) is 9.22. The molecule has 0 unspecified atom stereocenters. The number of para-hydroxylation sites is 1. The van der Waals surface area contributed by atoms with E-state index in [2.05, 4.69) is 15.5 Å². The number of benzene rings is 1. The van der Waals surface area contributed by atoms with E-state index in [1.165, 1.54) is 11.8 Å². The van der Waals surface area contributed by atoms with Gasteiger partial charge in [0.05, 0.1) is 12.3 Å². The van der Waals surface area contributed by atoms with E-state index in [0.717, 1.165) is 5.69 Å². The van der Waals surface area contributed by atoms with E-state index < -0.39 is 0 Å². The van der Waals surface area contributed by atoms with E-state index >= 15 is 0 Å². The highest BCUT2D eigenvalue weighted by Gasteiger charge is 2.19. The lowest BCUT2D eigenvalue weighted by Gasteiger charge is -2.09. The number of aromatic nitrogens is 4. The molecule has 0 spiro atoms. The van der Waals surface area contributed by atoms with Crippen LogP contribution >= 0.6 is 11.8 Å². The Hall–Kier alpha value is -1.89. The molecule has 0 aliphatic heterocycles. The van der Waals surface area contributed by atoms with Crippen molar-refractivity contribution in [2.45, 2.75) is 24.3 Å². The maximum absolute atomic E-state index is 11.6. The zero-order valence-corrected chi connectivity index (χ0v) is 11.5. The molecule has 0 amide bonds. The largest absolute Gasteiger partial charge is 0.465 e. The van der Waals surface area contributed by atoms with E-state index in [9.17, 15) is 4.79 Å². The van der Waals surface area contributed by atoms with Crippen molar-refractivity contribution >= 4 is 17.7 Å². The molecular weight excluding hydrogens is 264 g/mol. The number of esters is 1. The fraction of sp³-hybridized carbons (Fsp3) is 0.333. The monoisotopic (exact) mass is 278 g/mol. The molecule has 0 radical (unpaired) electrons. The summed E-state index contributed by atoms with van der Waals surface area (Å²) in [4.78, 5) is 11.6. The Bertz CT molecular complexity index is 544. The molecule has 0 bridgehead atoms. The minimum Gasteiger partial charge on any atom is -0.465 e. The van der Waals surface area contributed by atoms with Crippen molar-refractivity contribution in [1.29, 1.82) is 0 Å². The smallest absolute Gasteiger partial charge is 0.319 e. The second-order valence-electron chi connectivity index (χ2n) is 3.72. The molecule has 6 nitrogen and oxygen atoms in total. The fourth-order valence-corrected chi connectivity index (χ4v) is 2.26. The molecule has 100 valence electrons. The number of hydrogen-bond acceptors (Lipinski definition) is 6. The summed E-state index contributed by atoms with van der Waals surface area (Å²) in [7, 11) is 0. The van der Waals surface area contributed by atoms with E-state index in [1.807, 2.05) is 30.3 Å². The molecule has 0 aliphatic rings. The van der Waals surface area contributed by atoms with Crippen molar-refractivity contribution < 1.29 is 9.53 Å². The third-order valence-electron chi connectivity index (χ3n) is 2.34. The van der Waals surface area contributed by atoms with Gasteiger partial charge >= 0.3 is 5.97 Å². The highest BCUT2D eigenvalue weighted by molar-refractivity contribution is 8.00. The van der Waals surface area contributed by atoms with Crippen LogP contribution in [0.15, 0.2) is 35.5 Å². The molecule has 19 heavy (non-hydrogen) atoms. The number of tetrazole rings is 1. The molecule has 1 heterocycles. The van der Waals surface area contributed by atoms with Gasteiger partial charge < -0.3 is 4.74 Å². The Morgan fingerprint density at radius 1 is 1.42 bits per heavy atom. The van der Waals surface area contributed by atoms with Crippen molar-refractivity contribution in [1.82, 2.24) is 20.2 Å². The summed E-state index contributed by atoms with van der Waals surface area (Å²) in [5, 5.41) is 11.7. The summed E-state index contributed by atoms with van der Waals surface area (Å²) in [5.41, 5.74) is 0.853. The van der Waals surface area contributed by atoms with Gasteiger partial charge in [0.2, 0.25) is 5.16 Å².